The maximum Gasteiger partial charge on any atom is 0.137 e. The number of benzene rings is 7. The van der Waals surface area contributed by atoms with Gasteiger partial charge in [-0.25, -0.2) is 4.98 Å². The fraction of sp³-hybridized carbons (Fsp3) is 0. The monoisotopic (exact) mass is 574 g/mol. The molecule has 0 amide bonds. The van der Waals surface area contributed by atoms with Gasteiger partial charge >= 0.3 is 0 Å². The van der Waals surface area contributed by atoms with Gasteiger partial charge in [-0.1, -0.05) is 152 Å². The van der Waals surface area contributed by atoms with E-state index in [1.54, 1.807) is 0 Å². The fourth-order valence-electron chi connectivity index (χ4n) is 6.43. The number of rotatable bonds is 6. The number of anilines is 3. The van der Waals surface area contributed by atoms with Crippen LogP contribution in [0, 0.1) is 0 Å². The van der Waals surface area contributed by atoms with Crippen LogP contribution in [0.1, 0.15) is 0 Å². The van der Waals surface area contributed by atoms with Crippen molar-refractivity contribution in [3.8, 4) is 33.4 Å². The SMILES string of the molecule is c1ccc(-c2ccc(-c3c4ccccc4c(N(c4cccc(-c5ccccc5)c4)c4ccccn4)c4ccccc34)cc2)cc1. The average Bonchev–Trinajstić information content (AvgIpc) is 3.13. The molecule has 0 saturated carbocycles. The van der Waals surface area contributed by atoms with E-state index >= 15 is 0 Å². The van der Waals surface area contributed by atoms with Crippen molar-refractivity contribution < 1.29 is 0 Å². The number of nitrogens with zero attached hydrogens (tertiary/aromatic N) is 2. The topological polar surface area (TPSA) is 16.1 Å². The highest BCUT2D eigenvalue weighted by Crippen LogP contribution is 2.48. The van der Waals surface area contributed by atoms with Crippen molar-refractivity contribution in [2.45, 2.75) is 0 Å². The maximum absolute atomic E-state index is 4.89. The molecule has 0 unspecified atom stereocenters. The summed E-state index contributed by atoms with van der Waals surface area (Å²) in [7, 11) is 0. The molecule has 0 aliphatic heterocycles. The van der Waals surface area contributed by atoms with Gasteiger partial charge in [0.1, 0.15) is 5.82 Å². The summed E-state index contributed by atoms with van der Waals surface area (Å²) in [5, 5.41) is 4.76. The Bertz CT molecular complexity index is 2180. The summed E-state index contributed by atoms with van der Waals surface area (Å²) >= 11 is 0. The zero-order chi connectivity index (χ0) is 30.0. The first-order chi connectivity index (χ1) is 22.3. The van der Waals surface area contributed by atoms with Crippen molar-refractivity contribution in [2.75, 3.05) is 4.90 Å². The summed E-state index contributed by atoms with van der Waals surface area (Å²) < 4.78 is 0. The largest absolute Gasteiger partial charge is 0.294 e. The van der Waals surface area contributed by atoms with Crippen LogP contribution in [0.15, 0.2) is 182 Å². The molecule has 0 aliphatic carbocycles. The van der Waals surface area contributed by atoms with Crippen molar-refractivity contribution in [1.29, 1.82) is 0 Å². The molecule has 45 heavy (non-hydrogen) atoms. The molecule has 0 saturated heterocycles. The first-order valence-corrected chi connectivity index (χ1v) is 15.3. The third-order valence-corrected chi connectivity index (χ3v) is 8.50. The molecule has 0 radical (unpaired) electrons. The summed E-state index contributed by atoms with van der Waals surface area (Å²) in [5.41, 5.74) is 9.40. The average molecular weight is 575 g/mol. The molecule has 1 heterocycles. The Kier molecular flexibility index (Phi) is 6.86. The molecule has 8 rings (SSSR count). The van der Waals surface area contributed by atoms with Crippen molar-refractivity contribution in [3.05, 3.63) is 182 Å². The van der Waals surface area contributed by atoms with Crippen molar-refractivity contribution >= 4 is 38.7 Å². The van der Waals surface area contributed by atoms with Crippen LogP contribution < -0.4 is 4.90 Å². The lowest BCUT2D eigenvalue weighted by Gasteiger charge is -2.29. The quantitative estimate of drug-likeness (QED) is 0.184. The second-order valence-electron chi connectivity index (χ2n) is 11.2. The molecular formula is C43H30N2. The third-order valence-electron chi connectivity index (χ3n) is 8.50. The highest BCUT2D eigenvalue weighted by molar-refractivity contribution is 6.22. The molecular weight excluding hydrogens is 544 g/mol. The summed E-state index contributed by atoms with van der Waals surface area (Å²) in [5.74, 6) is 0.873. The second kappa shape index (κ2) is 11.6. The van der Waals surface area contributed by atoms with Gasteiger partial charge in [-0.2, -0.15) is 0 Å². The van der Waals surface area contributed by atoms with E-state index in [0.717, 1.165) is 22.8 Å². The van der Waals surface area contributed by atoms with Gasteiger partial charge in [0.15, 0.2) is 0 Å². The lowest BCUT2D eigenvalue weighted by atomic mass is 9.89. The van der Waals surface area contributed by atoms with E-state index in [-0.39, 0.29) is 0 Å². The molecule has 1 aromatic heterocycles. The van der Waals surface area contributed by atoms with Crippen LogP contribution in [0.25, 0.3) is 54.9 Å². The Morgan fingerprint density at radius 3 is 1.44 bits per heavy atom. The molecule has 0 spiro atoms. The van der Waals surface area contributed by atoms with Crippen LogP contribution in [-0.2, 0) is 0 Å². The van der Waals surface area contributed by atoms with E-state index in [1.165, 1.54) is 49.4 Å². The molecule has 0 N–H and O–H groups in total. The molecule has 2 heteroatoms. The van der Waals surface area contributed by atoms with Gasteiger partial charge in [0.05, 0.1) is 5.69 Å². The lowest BCUT2D eigenvalue weighted by Crippen LogP contribution is -2.13. The van der Waals surface area contributed by atoms with Gasteiger partial charge in [0, 0.05) is 22.7 Å². The Morgan fingerprint density at radius 2 is 0.844 bits per heavy atom. The minimum atomic E-state index is 0.873. The third kappa shape index (κ3) is 4.93. The minimum absolute atomic E-state index is 0.873. The molecule has 0 atom stereocenters. The smallest absolute Gasteiger partial charge is 0.137 e. The summed E-state index contributed by atoms with van der Waals surface area (Å²) in [6.45, 7) is 0. The van der Waals surface area contributed by atoms with E-state index in [2.05, 4.69) is 175 Å². The molecule has 0 fully saturated rings. The Labute approximate surface area is 263 Å². The Morgan fingerprint density at radius 1 is 0.356 bits per heavy atom. The van der Waals surface area contributed by atoms with E-state index < -0.39 is 0 Å². The highest BCUT2D eigenvalue weighted by Gasteiger charge is 2.23. The summed E-state index contributed by atoms with van der Waals surface area (Å²) in [4.78, 5) is 7.21. The van der Waals surface area contributed by atoms with Crippen LogP contribution >= 0.6 is 0 Å². The first kappa shape index (κ1) is 26.6. The molecule has 8 aromatic rings. The molecule has 212 valence electrons. The van der Waals surface area contributed by atoms with Gasteiger partial charge in [0.25, 0.3) is 0 Å². The minimum Gasteiger partial charge on any atom is -0.294 e. The van der Waals surface area contributed by atoms with Gasteiger partial charge in [0.2, 0.25) is 0 Å². The lowest BCUT2D eigenvalue weighted by molar-refractivity contribution is 1.19. The fourth-order valence-corrected chi connectivity index (χ4v) is 6.43. The molecule has 7 aromatic carbocycles. The molecule has 2 nitrogen and oxygen atoms in total. The van der Waals surface area contributed by atoms with Crippen LogP contribution in [0.4, 0.5) is 17.2 Å². The number of hydrogen-bond acceptors (Lipinski definition) is 2. The van der Waals surface area contributed by atoms with E-state index in [4.69, 9.17) is 4.98 Å². The normalized spacial score (nSPS) is 11.1. The van der Waals surface area contributed by atoms with Gasteiger partial charge in [-0.15, -0.1) is 0 Å². The maximum atomic E-state index is 4.89. The molecule has 0 bridgehead atoms. The van der Waals surface area contributed by atoms with Gasteiger partial charge in [-0.3, -0.25) is 4.90 Å². The van der Waals surface area contributed by atoms with Crippen molar-refractivity contribution in [1.82, 2.24) is 4.98 Å². The zero-order valence-electron chi connectivity index (χ0n) is 24.7. The number of hydrogen-bond donors (Lipinski definition) is 0. The van der Waals surface area contributed by atoms with Crippen LogP contribution in [-0.4, -0.2) is 4.98 Å². The van der Waals surface area contributed by atoms with Crippen LogP contribution in [0.5, 0.6) is 0 Å². The highest BCUT2D eigenvalue weighted by atomic mass is 15.2. The zero-order valence-corrected chi connectivity index (χ0v) is 24.7. The van der Waals surface area contributed by atoms with Crippen molar-refractivity contribution in [2.24, 2.45) is 0 Å². The second-order valence-corrected chi connectivity index (χ2v) is 11.2. The predicted molar refractivity (Wildman–Crippen MR) is 190 cm³/mol. The van der Waals surface area contributed by atoms with Gasteiger partial charge < -0.3 is 0 Å². The van der Waals surface area contributed by atoms with E-state index in [1.807, 2.05) is 12.3 Å². The van der Waals surface area contributed by atoms with Crippen molar-refractivity contribution in [3.63, 3.8) is 0 Å². The molecule has 0 aliphatic rings. The summed E-state index contributed by atoms with van der Waals surface area (Å²) in [6.07, 6.45) is 1.87. The number of fused-ring (bicyclic) bond motifs is 2. The Balaban J connectivity index is 1.39. The van der Waals surface area contributed by atoms with E-state index in [0.29, 0.717) is 0 Å². The van der Waals surface area contributed by atoms with Crippen LogP contribution in [0.2, 0.25) is 0 Å². The first-order valence-electron chi connectivity index (χ1n) is 15.3. The predicted octanol–water partition coefficient (Wildman–Crippen LogP) is 11.9. The number of aromatic nitrogens is 1. The Hall–Kier alpha value is -5.99. The van der Waals surface area contributed by atoms with E-state index in [9.17, 15) is 0 Å². The van der Waals surface area contributed by atoms with Crippen LogP contribution in [0.3, 0.4) is 0 Å². The summed E-state index contributed by atoms with van der Waals surface area (Å²) in [6, 6.07) is 62.5. The number of pyridine rings is 1. The van der Waals surface area contributed by atoms with Gasteiger partial charge in [-0.05, 0) is 68.4 Å². The standard InChI is InChI=1S/C43H30N2/c1-3-14-31(15-4-1)33-25-27-34(28-26-33)42-37-20-7-9-22-39(37)43(40-23-10-8-21-38(40)42)45(41-24-11-12-29-44-41)36-19-13-18-35(30-36)32-16-5-2-6-17-32/h1-30H.